The van der Waals surface area contributed by atoms with Crippen molar-refractivity contribution in [3.8, 4) is 5.88 Å². The highest BCUT2D eigenvalue weighted by Crippen LogP contribution is 2.31. The Kier molecular flexibility index (Phi) is 9.25. The van der Waals surface area contributed by atoms with Crippen LogP contribution in [0.15, 0.2) is 24.3 Å². The van der Waals surface area contributed by atoms with Crippen LogP contribution in [0, 0.1) is 0 Å². The lowest BCUT2D eigenvalue weighted by Crippen LogP contribution is -2.42. The number of hydrogen-bond donors (Lipinski definition) is 5. The maximum absolute atomic E-state index is 12.7. The number of nitrogens with zero attached hydrogens (tertiary/aromatic N) is 2. The van der Waals surface area contributed by atoms with Gasteiger partial charge in [0, 0.05) is 17.5 Å². The molecule has 0 saturated heterocycles. The zero-order valence-corrected chi connectivity index (χ0v) is 20.9. The molecular formula is C25H32N6O6. The number of aromatic hydroxyl groups is 1. The highest BCUT2D eigenvalue weighted by atomic mass is 16.5. The molecule has 0 bridgehead atoms. The summed E-state index contributed by atoms with van der Waals surface area (Å²) in [5, 5.41) is 13.5. The topological polar surface area (TPSA) is 196 Å². The molecule has 7 N–H and O–H groups in total. The molecule has 2 aromatic heterocycles. The third-order valence-corrected chi connectivity index (χ3v) is 5.71. The van der Waals surface area contributed by atoms with E-state index < -0.39 is 23.9 Å². The van der Waals surface area contributed by atoms with Gasteiger partial charge >= 0.3 is 11.9 Å². The van der Waals surface area contributed by atoms with Gasteiger partial charge in [-0.25, -0.2) is 4.79 Å². The summed E-state index contributed by atoms with van der Waals surface area (Å²) < 4.78 is 9.92. The van der Waals surface area contributed by atoms with Crippen molar-refractivity contribution in [2.75, 3.05) is 24.7 Å². The normalized spacial score (nSPS) is 11.7. The Hall–Kier alpha value is -4.35. The number of aromatic nitrogens is 3. The second kappa shape index (κ2) is 12.6. The van der Waals surface area contributed by atoms with E-state index in [0.717, 1.165) is 5.56 Å². The van der Waals surface area contributed by atoms with Gasteiger partial charge in [0.1, 0.15) is 17.5 Å². The van der Waals surface area contributed by atoms with Crippen LogP contribution in [0.5, 0.6) is 5.88 Å². The minimum absolute atomic E-state index is 0.0202. The molecule has 0 unspecified atom stereocenters. The molecule has 0 fully saturated rings. The number of hydrogen-bond acceptors (Lipinski definition) is 10. The molecule has 2 heterocycles. The van der Waals surface area contributed by atoms with Gasteiger partial charge in [-0.2, -0.15) is 9.97 Å². The van der Waals surface area contributed by atoms with Crippen LogP contribution < -0.4 is 16.8 Å². The summed E-state index contributed by atoms with van der Waals surface area (Å²) in [5.41, 5.74) is 13.9. The fraction of sp³-hybridized carbons (Fsp3) is 0.400. The van der Waals surface area contributed by atoms with Crippen LogP contribution in [-0.4, -0.2) is 57.2 Å². The standard InChI is InChI=1S/C25H32N6O6/c1-3-36-18(32)13-12-17(24(35)37-4-2)28-22(33)15-10-8-14(9-11-15)6-5-7-16-19-20(26)29-25(27)31-21(19)30-23(16)34/h8-11,17,34H,3-7,12-13H2,1-2H3,(H,28,33)(H5,26,27,29,30,31)/t17-/m1/s1. The number of anilines is 2. The molecule has 0 aliphatic carbocycles. The zero-order chi connectivity index (χ0) is 26.9. The van der Waals surface area contributed by atoms with E-state index in [2.05, 4.69) is 20.3 Å². The van der Waals surface area contributed by atoms with Crippen molar-refractivity contribution >= 4 is 40.6 Å². The highest BCUT2D eigenvalue weighted by Gasteiger charge is 2.24. The average Bonchev–Trinajstić information content (AvgIpc) is 3.17. The van der Waals surface area contributed by atoms with Crippen molar-refractivity contribution < 1.29 is 29.0 Å². The van der Waals surface area contributed by atoms with E-state index >= 15 is 0 Å². The molecule has 12 heteroatoms. The second-order valence-electron chi connectivity index (χ2n) is 8.32. The summed E-state index contributed by atoms with van der Waals surface area (Å²) in [6.07, 6.45) is 1.94. The number of carbonyl (C=O) groups excluding carboxylic acids is 3. The van der Waals surface area contributed by atoms with Gasteiger partial charge in [0.25, 0.3) is 5.91 Å². The molecule has 1 aromatic carbocycles. The molecule has 12 nitrogen and oxygen atoms in total. The van der Waals surface area contributed by atoms with E-state index in [4.69, 9.17) is 20.9 Å². The maximum Gasteiger partial charge on any atom is 0.328 e. The number of rotatable bonds is 12. The summed E-state index contributed by atoms with van der Waals surface area (Å²) in [4.78, 5) is 47.5. The minimum atomic E-state index is -0.966. The predicted molar refractivity (Wildman–Crippen MR) is 137 cm³/mol. The highest BCUT2D eigenvalue weighted by molar-refractivity contribution is 5.97. The summed E-state index contributed by atoms with van der Waals surface area (Å²) in [7, 11) is 0. The number of nitrogen functional groups attached to an aromatic ring is 2. The number of nitrogens with two attached hydrogens (primary N) is 2. The van der Waals surface area contributed by atoms with E-state index in [1.165, 1.54) is 0 Å². The Balaban J connectivity index is 1.59. The van der Waals surface area contributed by atoms with Crippen LogP contribution in [0.1, 0.15) is 54.6 Å². The van der Waals surface area contributed by atoms with E-state index in [-0.39, 0.29) is 43.7 Å². The minimum Gasteiger partial charge on any atom is -0.494 e. The number of aryl methyl sites for hydroxylation is 2. The molecule has 0 saturated carbocycles. The van der Waals surface area contributed by atoms with Crippen LogP contribution in [-0.2, 0) is 31.9 Å². The molecule has 198 valence electrons. The van der Waals surface area contributed by atoms with E-state index in [0.29, 0.717) is 41.4 Å². The molecule has 3 aromatic rings. The molecule has 0 aliphatic rings. The van der Waals surface area contributed by atoms with Crippen LogP contribution >= 0.6 is 0 Å². The SMILES string of the molecule is CCOC(=O)CC[C@@H](NC(=O)c1ccc(CCCc2c(O)[nH]c3nc(N)nc(N)c23)cc1)C(=O)OCC. The number of amides is 1. The second-order valence-corrected chi connectivity index (χ2v) is 8.32. The number of aromatic amines is 1. The summed E-state index contributed by atoms with van der Waals surface area (Å²) in [6, 6.07) is 6.00. The zero-order valence-electron chi connectivity index (χ0n) is 20.9. The lowest BCUT2D eigenvalue weighted by Gasteiger charge is -2.17. The van der Waals surface area contributed by atoms with Crippen LogP contribution in [0.3, 0.4) is 0 Å². The lowest BCUT2D eigenvalue weighted by molar-refractivity contribution is -0.146. The van der Waals surface area contributed by atoms with Crippen LogP contribution in [0.4, 0.5) is 11.8 Å². The number of fused-ring (bicyclic) bond motifs is 1. The molecule has 1 amide bonds. The van der Waals surface area contributed by atoms with E-state index in [1.54, 1.807) is 26.0 Å². The number of H-pyrrole nitrogens is 1. The average molecular weight is 513 g/mol. The van der Waals surface area contributed by atoms with Gasteiger partial charge in [-0.1, -0.05) is 12.1 Å². The van der Waals surface area contributed by atoms with Crippen molar-refractivity contribution in [1.82, 2.24) is 20.3 Å². The van der Waals surface area contributed by atoms with Gasteiger partial charge in [0.2, 0.25) is 5.95 Å². The number of esters is 2. The van der Waals surface area contributed by atoms with Gasteiger partial charge in [0.05, 0.1) is 18.6 Å². The first kappa shape index (κ1) is 27.2. The Bertz CT molecular complexity index is 1260. The van der Waals surface area contributed by atoms with Gasteiger partial charge in [-0.05, 0) is 57.2 Å². The third-order valence-electron chi connectivity index (χ3n) is 5.71. The maximum atomic E-state index is 12.7. The fourth-order valence-corrected chi connectivity index (χ4v) is 3.95. The summed E-state index contributed by atoms with van der Waals surface area (Å²) in [5.74, 6) is -1.30. The smallest absolute Gasteiger partial charge is 0.328 e. The first-order chi connectivity index (χ1) is 17.7. The monoisotopic (exact) mass is 512 g/mol. The van der Waals surface area contributed by atoms with Crippen molar-refractivity contribution in [1.29, 1.82) is 0 Å². The molecule has 1 atom stereocenters. The Morgan fingerprint density at radius 2 is 1.76 bits per heavy atom. The lowest BCUT2D eigenvalue weighted by atomic mass is 10.0. The van der Waals surface area contributed by atoms with Crippen LogP contribution in [0.2, 0.25) is 0 Å². The molecular weight excluding hydrogens is 480 g/mol. The van der Waals surface area contributed by atoms with Crippen molar-refractivity contribution in [2.24, 2.45) is 0 Å². The number of ether oxygens (including phenoxy) is 2. The quantitative estimate of drug-likeness (QED) is 0.224. The van der Waals surface area contributed by atoms with E-state index in [1.807, 2.05) is 12.1 Å². The van der Waals surface area contributed by atoms with Gasteiger partial charge in [-0.15, -0.1) is 0 Å². The molecule has 0 radical (unpaired) electrons. The molecule has 0 aliphatic heterocycles. The van der Waals surface area contributed by atoms with Crippen molar-refractivity contribution in [3.63, 3.8) is 0 Å². The largest absolute Gasteiger partial charge is 0.494 e. The Morgan fingerprint density at radius 3 is 2.43 bits per heavy atom. The third kappa shape index (κ3) is 7.09. The fourth-order valence-electron chi connectivity index (χ4n) is 3.95. The summed E-state index contributed by atoms with van der Waals surface area (Å²) in [6.45, 7) is 3.75. The molecule has 3 rings (SSSR count). The van der Waals surface area contributed by atoms with Crippen molar-refractivity contribution in [2.45, 2.75) is 52.0 Å². The van der Waals surface area contributed by atoms with Crippen molar-refractivity contribution in [3.05, 3.63) is 41.0 Å². The van der Waals surface area contributed by atoms with E-state index in [9.17, 15) is 19.5 Å². The Labute approximate surface area is 213 Å². The van der Waals surface area contributed by atoms with Gasteiger partial charge in [0.15, 0.2) is 5.88 Å². The number of nitrogens with one attached hydrogen (secondary N) is 2. The Morgan fingerprint density at radius 1 is 1.05 bits per heavy atom. The number of benzene rings is 1. The number of carbonyl (C=O) groups is 3. The van der Waals surface area contributed by atoms with Gasteiger partial charge in [-0.3, -0.25) is 9.59 Å². The molecule has 37 heavy (non-hydrogen) atoms. The first-order valence-corrected chi connectivity index (χ1v) is 12.1. The van der Waals surface area contributed by atoms with Crippen LogP contribution in [0.25, 0.3) is 11.0 Å². The molecule has 0 spiro atoms. The van der Waals surface area contributed by atoms with Gasteiger partial charge < -0.3 is 36.3 Å². The predicted octanol–water partition coefficient (Wildman–Crippen LogP) is 2.01. The first-order valence-electron chi connectivity index (χ1n) is 12.1. The summed E-state index contributed by atoms with van der Waals surface area (Å²) >= 11 is 0.